The Kier molecular flexibility index (Phi) is 5.37. The molecule has 0 aliphatic carbocycles. The zero-order valence-electron chi connectivity index (χ0n) is 16.2. The Morgan fingerprint density at radius 3 is 2.31 bits per heavy atom. The Balaban J connectivity index is 1.46. The van der Waals surface area contributed by atoms with Crippen LogP contribution in [0.5, 0.6) is 0 Å². The number of piperazine rings is 1. The number of hydrogen-bond acceptors (Lipinski definition) is 5. The van der Waals surface area contributed by atoms with Gasteiger partial charge in [-0.25, -0.2) is 14.4 Å². The molecule has 2 aromatic carbocycles. The summed E-state index contributed by atoms with van der Waals surface area (Å²) in [7, 11) is 1.73. The van der Waals surface area contributed by atoms with E-state index in [1.807, 2.05) is 41.3 Å². The molecule has 1 saturated heterocycles. The second-order valence-electron chi connectivity index (χ2n) is 6.89. The number of para-hydroxylation sites is 2. The Bertz CT molecular complexity index is 989. The molecule has 2 heterocycles. The van der Waals surface area contributed by atoms with E-state index in [2.05, 4.69) is 14.9 Å². The summed E-state index contributed by atoms with van der Waals surface area (Å²) < 4.78 is 14.0. The molecule has 7 heteroatoms. The molecule has 0 radical (unpaired) electrons. The van der Waals surface area contributed by atoms with Crippen LogP contribution in [0.3, 0.4) is 0 Å². The van der Waals surface area contributed by atoms with Crippen LogP contribution in [0.15, 0.2) is 67.0 Å². The average molecular weight is 391 g/mol. The molecule has 0 unspecified atom stereocenters. The highest BCUT2D eigenvalue weighted by Gasteiger charge is 2.22. The van der Waals surface area contributed by atoms with E-state index < -0.39 is 0 Å². The lowest BCUT2D eigenvalue weighted by atomic mass is 10.2. The molecule has 1 aliphatic rings. The van der Waals surface area contributed by atoms with Gasteiger partial charge in [-0.1, -0.05) is 30.3 Å². The Hall–Kier alpha value is -3.48. The first-order valence-corrected chi connectivity index (χ1v) is 9.53. The molecular formula is C22H22FN5O. The number of carbonyl (C=O) groups is 1. The van der Waals surface area contributed by atoms with Gasteiger partial charge in [-0.05, 0) is 24.3 Å². The second-order valence-corrected chi connectivity index (χ2v) is 6.89. The third-order valence-electron chi connectivity index (χ3n) is 5.12. The van der Waals surface area contributed by atoms with Crippen molar-refractivity contribution >= 4 is 23.1 Å². The van der Waals surface area contributed by atoms with E-state index in [0.717, 1.165) is 5.69 Å². The third kappa shape index (κ3) is 4.03. The van der Waals surface area contributed by atoms with E-state index in [1.54, 1.807) is 30.1 Å². The normalized spacial score (nSPS) is 14.0. The summed E-state index contributed by atoms with van der Waals surface area (Å²) in [6.45, 7) is 2.73. The van der Waals surface area contributed by atoms with E-state index in [1.165, 1.54) is 12.4 Å². The summed E-state index contributed by atoms with van der Waals surface area (Å²) >= 11 is 0. The molecule has 0 bridgehead atoms. The Morgan fingerprint density at radius 2 is 1.59 bits per heavy atom. The first-order chi connectivity index (χ1) is 14.1. The fourth-order valence-corrected chi connectivity index (χ4v) is 3.46. The smallest absolute Gasteiger partial charge is 0.276 e. The zero-order valence-corrected chi connectivity index (χ0v) is 16.2. The minimum atomic E-state index is -0.209. The van der Waals surface area contributed by atoms with Gasteiger partial charge >= 0.3 is 0 Å². The molecule has 29 heavy (non-hydrogen) atoms. The van der Waals surface area contributed by atoms with Crippen molar-refractivity contribution in [3.63, 3.8) is 0 Å². The van der Waals surface area contributed by atoms with Crippen LogP contribution in [-0.4, -0.2) is 49.1 Å². The van der Waals surface area contributed by atoms with Crippen molar-refractivity contribution in [2.45, 2.75) is 0 Å². The molecule has 0 spiro atoms. The van der Waals surface area contributed by atoms with Gasteiger partial charge in [0.05, 0.1) is 5.69 Å². The van der Waals surface area contributed by atoms with Crippen LogP contribution < -0.4 is 14.7 Å². The predicted octanol–water partition coefficient (Wildman–Crippen LogP) is 3.22. The summed E-state index contributed by atoms with van der Waals surface area (Å²) in [5.74, 6) is 0.308. The van der Waals surface area contributed by atoms with Gasteiger partial charge < -0.3 is 14.7 Å². The number of rotatable bonds is 4. The van der Waals surface area contributed by atoms with Gasteiger partial charge in [-0.3, -0.25) is 4.79 Å². The summed E-state index contributed by atoms with van der Waals surface area (Å²) in [5, 5.41) is 0. The number of benzene rings is 2. The first-order valence-electron chi connectivity index (χ1n) is 9.53. The van der Waals surface area contributed by atoms with E-state index in [4.69, 9.17) is 0 Å². The molecule has 6 nitrogen and oxygen atoms in total. The van der Waals surface area contributed by atoms with Crippen LogP contribution in [0.4, 0.5) is 21.6 Å². The van der Waals surface area contributed by atoms with E-state index in [9.17, 15) is 9.18 Å². The quantitative estimate of drug-likeness (QED) is 0.684. The fraction of sp³-hybridized carbons (Fsp3) is 0.227. The van der Waals surface area contributed by atoms with E-state index in [0.29, 0.717) is 43.4 Å². The van der Waals surface area contributed by atoms with Crippen LogP contribution in [-0.2, 0) is 0 Å². The number of hydrogen-bond donors (Lipinski definition) is 0. The first kappa shape index (κ1) is 18.9. The number of amides is 1. The minimum absolute atomic E-state index is 0.190. The molecule has 4 rings (SSSR count). The fourth-order valence-electron chi connectivity index (χ4n) is 3.46. The molecule has 1 aromatic heterocycles. The van der Waals surface area contributed by atoms with Crippen LogP contribution in [0, 0.1) is 5.82 Å². The maximum Gasteiger partial charge on any atom is 0.276 e. The molecule has 1 amide bonds. The summed E-state index contributed by atoms with van der Waals surface area (Å²) in [6, 6.07) is 18.0. The summed E-state index contributed by atoms with van der Waals surface area (Å²) in [6.07, 6.45) is 1.42. The molecular weight excluding hydrogens is 369 g/mol. The van der Waals surface area contributed by atoms with Crippen molar-refractivity contribution in [2.75, 3.05) is 47.9 Å². The van der Waals surface area contributed by atoms with Crippen molar-refractivity contribution in [3.05, 3.63) is 78.5 Å². The minimum Gasteiger partial charge on any atom is -0.366 e. The number of anilines is 3. The topological polar surface area (TPSA) is 52.6 Å². The molecule has 0 saturated carbocycles. The number of aromatic nitrogens is 2. The largest absolute Gasteiger partial charge is 0.366 e. The molecule has 1 aliphatic heterocycles. The predicted molar refractivity (Wildman–Crippen MR) is 112 cm³/mol. The lowest BCUT2D eigenvalue weighted by Crippen LogP contribution is -2.47. The molecule has 1 fully saturated rings. The highest BCUT2D eigenvalue weighted by Crippen LogP contribution is 2.22. The summed E-state index contributed by atoms with van der Waals surface area (Å²) in [4.78, 5) is 27.0. The summed E-state index contributed by atoms with van der Waals surface area (Å²) in [5.41, 5.74) is 1.77. The lowest BCUT2D eigenvalue weighted by Gasteiger charge is -2.36. The maximum atomic E-state index is 14.0. The van der Waals surface area contributed by atoms with Gasteiger partial charge in [0.25, 0.3) is 5.91 Å². The molecule has 3 aromatic rings. The Labute approximate surface area is 169 Å². The van der Waals surface area contributed by atoms with Crippen molar-refractivity contribution in [1.29, 1.82) is 0 Å². The van der Waals surface area contributed by atoms with Gasteiger partial charge in [-0.15, -0.1) is 0 Å². The molecule has 0 atom stereocenters. The zero-order chi connectivity index (χ0) is 20.2. The van der Waals surface area contributed by atoms with Crippen molar-refractivity contribution < 1.29 is 9.18 Å². The van der Waals surface area contributed by atoms with E-state index in [-0.39, 0.29) is 11.7 Å². The highest BCUT2D eigenvalue weighted by molar-refractivity contribution is 6.04. The highest BCUT2D eigenvalue weighted by atomic mass is 19.1. The molecule has 0 N–H and O–H groups in total. The monoisotopic (exact) mass is 391 g/mol. The van der Waals surface area contributed by atoms with Crippen LogP contribution in [0.2, 0.25) is 0 Å². The van der Waals surface area contributed by atoms with Crippen LogP contribution in [0.25, 0.3) is 0 Å². The van der Waals surface area contributed by atoms with Crippen molar-refractivity contribution in [2.24, 2.45) is 0 Å². The number of nitrogens with zero attached hydrogens (tertiary/aromatic N) is 5. The van der Waals surface area contributed by atoms with Crippen molar-refractivity contribution in [3.8, 4) is 0 Å². The van der Waals surface area contributed by atoms with Crippen molar-refractivity contribution in [1.82, 2.24) is 9.97 Å². The number of carbonyl (C=O) groups excluding carboxylic acids is 1. The molecule has 148 valence electrons. The van der Waals surface area contributed by atoms with Crippen LogP contribution in [0.1, 0.15) is 10.5 Å². The lowest BCUT2D eigenvalue weighted by molar-refractivity contribution is 0.0988. The maximum absolute atomic E-state index is 14.0. The standard InChI is InChI=1S/C22H22FN5O/c1-26(17-7-3-2-4-8-17)22(29)19-15-21(25-16-24-19)28-13-11-27(12-14-28)20-10-6-5-9-18(20)23/h2-10,15-16H,11-14H2,1H3. The van der Waals surface area contributed by atoms with Gasteiger partial charge in [-0.2, -0.15) is 0 Å². The average Bonchev–Trinajstić information content (AvgIpc) is 2.79. The number of halogens is 1. The van der Waals surface area contributed by atoms with Gasteiger partial charge in [0.15, 0.2) is 0 Å². The SMILES string of the molecule is CN(C(=O)c1cc(N2CCN(c3ccccc3F)CC2)ncn1)c1ccccc1. The Morgan fingerprint density at radius 1 is 0.931 bits per heavy atom. The van der Waals surface area contributed by atoms with Gasteiger partial charge in [0.2, 0.25) is 0 Å². The van der Waals surface area contributed by atoms with Crippen LogP contribution >= 0.6 is 0 Å². The van der Waals surface area contributed by atoms with Gasteiger partial charge in [0.1, 0.15) is 23.7 Å². The third-order valence-corrected chi connectivity index (χ3v) is 5.12. The van der Waals surface area contributed by atoms with Gasteiger partial charge in [0, 0.05) is 45.0 Å². The second kappa shape index (κ2) is 8.26. The van der Waals surface area contributed by atoms with E-state index >= 15 is 0 Å².